The number of allylic oxidation sites excluding steroid dienone is 15. The molecule has 1 amide bonds. The van der Waals surface area contributed by atoms with E-state index in [4.69, 9.17) is 14.2 Å². The van der Waals surface area contributed by atoms with Gasteiger partial charge >= 0.3 is 5.97 Å². The van der Waals surface area contributed by atoms with Crippen molar-refractivity contribution in [1.29, 1.82) is 0 Å². The Bertz CT molecular complexity index is 1650. The molecule has 8 unspecified atom stereocenters. The Hall–Kier alpha value is -3.42. The van der Waals surface area contributed by atoms with E-state index < -0.39 is 67.4 Å². The number of carbonyl (C=O) groups is 2. The third-order valence-electron chi connectivity index (χ3n) is 14.5. The number of aliphatic hydroxyl groups excluding tert-OH is 5. The van der Waals surface area contributed by atoms with Crippen molar-refractivity contribution in [3.8, 4) is 0 Å². The van der Waals surface area contributed by atoms with E-state index in [1.54, 1.807) is 6.08 Å². The van der Waals surface area contributed by atoms with Gasteiger partial charge in [0.1, 0.15) is 24.4 Å². The van der Waals surface area contributed by atoms with Crippen molar-refractivity contribution in [2.24, 2.45) is 0 Å². The lowest BCUT2D eigenvalue weighted by Gasteiger charge is -2.41. The molecule has 11 nitrogen and oxygen atoms in total. The van der Waals surface area contributed by atoms with Gasteiger partial charge in [-0.15, -0.1) is 0 Å². The highest BCUT2D eigenvalue weighted by molar-refractivity contribution is 5.80. The van der Waals surface area contributed by atoms with Crippen LogP contribution in [-0.2, 0) is 23.8 Å². The van der Waals surface area contributed by atoms with Gasteiger partial charge in [0.05, 0.1) is 25.4 Å². The van der Waals surface area contributed by atoms with Crippen LogP contribution in [-0.4, -0.2) is 99.6 Å². The number of nitrogens with one attached hydrogen (secondary N) is 1. The monoisotopic (exact) mass is 1110 g/mol. The maximum absolute atomic E-state index is 13.4. The van der Waals surface area contributed by atoms with Crippen LogP contribution in [0.3, 0.4) is 0 Å². The molecule has 0 aliphatic carbocycles. The molecule has 454 valence electrons. The Kier molecular flexibility index (Phi) is 51.4. The summed E-state index contributed by atoms with van der Waals surface area (Å²) in [7, 11) is 0. The molecule has 0 aromatic heterocycles. The topological polar surface area (TPSA) is 175 Å². The summed E-state index contributed by atoms with van der Waals surface area (Å²) in [5, 5.41) is 57.0. The maximum Gasteiger partial charge on any atom is 0.306 e. The molecule has 8 atom stereocenters. The van der Waals surface area contributed by atoms with Gasteiger partial charge in [0.25, 0.3) is 0 Å². The molecule has 79 heavy (non-hydrogen) atoms. The number of carbonyl (C=O) groups excluding carboxylic acids is 2. The zero-order valence-electron chi connectivity index (χ0n) is 50.2. The second-order valence-corrected chi connectivity index (χ2v) is 21.8. The van der Waals surface area contributed by atoms with Crippen LogP contribution in [0.4, 0.5) is 0 Å². The van der Waals surface area contributed by atoms with Crippen molar-refractivity contribution in [3.05, 3.63) is 97.2 Å². The minimum Gasteiger partial charge on any atom is -0.454 e. The van der Waals surface area contributed by atoms with Gasteiger partial charge in [-0.3, -0.25) is 9.59 Å². The molecule has 11 heteroatoms. The minimum absolute atomic E-state index is 0.110. The van der Waals surface area contributed by atoms with Gasteiger partial charge in [-0.25, -0.2) is 0 Å². The largest absolute Gasteiger partial charge is 0.454 e. The van der Waals surface area contributed by atoms with Crippen molar-refractivity contribution in [1.82, 2.24) is 5.32 Å². The molecular formula is C68H117NO10. The van der Waals surface area contributed by atoms with Gasteiger partial charge in [-0.2, -0.15) is 0 Å². The van der Waals surface area contributed by atoms with Crippen LogP contribution in [0.25, 0.3) is 0 Å². The quantitative estimate of drug-likeness (QED) is 0.0149. The van der Waals surface area contributed by atoms with Crippen LogP contribution in [0, 0.1) is 0 Å². The summed E-state index contributed by atoms with van der Waals surface area (Å²) < 4.78 is 17.6. The van der Waals surface area contributed by atoms with E-state index in [-0.39, 0.29) is 19.4 Å². The molecule has 0 spiro atoms. The third-order valence-corrected chi connectivity index (χ3v) is 14.5. The number of unbranched alkanes of at least 4 members (excludes halogenated alkanes) is 27. The molecular weight excluding hydrogens is 991 g/mol. The molecule has 1 rings (SSSR count). The van der Waals surface area contributed by atoms with E-state index >= 15 is 0 Å². The van der Waals surface area contributed by atoms with Crippen molar-refractivity contribution >= 4 is 11.9 Å². The minimum atomic E-state index is -1.62. The predicted molar refractivity (Wildman–Crippen MR) is 329 cm³/mol. The summed E-state index contributed by atoms with van der Waals surface area (Å²) in [5.74, 6) is -1.22. The summed E-state index contributed by atoms with van der Waals surface area (Å²) in [4.78, 5) is 26.5. The number of rotatable bonds is 53. The number of esters is 1. The lowest BCUT2D eigenvalue weighted by molar-refractivity contribution is -0.305. The zero-order chi connectivity index (χ0) is 57.5. The molecule has 0 saturated carbocycles. The lowest BCUT2D eigenvalue weighted by Crippen LogP contribution is -2.61. The first-order valence-corrected chi connectivity index (χ1v) is 32.0. The summed E-state index contributed by atoms with van der Waals surface area (Å²) in [6.07, 6.45) is 63.0. The van der Waals surface area contributed by atoms with Crippen molar-refractivity contribution in [2.45, 2.75) is 307 Å². The van der Waals surface area contributed by atoms with Gasteiger partial charge in [0.15, 0.2) is 12.4 Å². The van der Waals surface area contributed by atoms with E-state index in [1.807, 2.05) is 18.2 Å². The fourth-order valence-electron chi connectivity index (χ4n) is 9.46. The van der Waals surface area contributed by atoms with Gasteiger partial charge < -0.3 is 45.1 Å². The fourth-order valence-corrected chi connectivity index (χ4v) is 9.46. The normalized spacial score (nSPS) is 19.5. The maximum atomic E-state index is 13.4. The zero-order valence-corrected chi connectivity index (χ0v) is 50.2. The molecule has 0 radical (unpaired) electrons. The average molecular weight is 1110 g/mol. The molecule has 1 saturated heterocycles. The molecule has 1 fully saturated rings. The van der Waals surface area contributed by atoms with Crippen LogP contribution < -0.4 is 5.32 Å². The Labute approximate surface area is 482 Å². The Balaban J connectivity index is 2.61. The first kappa shape index (κ1) is 73.6. The van der Waals surface area contributed by atoms with Crippen LogP contribution in [0.2, 0.25) is 0 Å². The lowest BCUT2D eigenvalue weighted by atomic mass is 9.99. The standard InChI is InChI=1S/C68H117NO10/c1-4-7-10-13-16-19-22-24-26-27-28-29-30-31-32-33-34-35-36-38-41-44-47-50-53-56-63(73)79-66-65(75)64(74)62(57-70)78-68(66)77-58-59(60(71)54-51-48-45-42-39-21-18-15-12-9-6-3)69-67(76)61(72)55-52-49-46-43-40-37-25-23-20-17-14-11-8-5-2/h8,11,14,16-17,19-20,23-24,26,28-29,31-32,51,54,59-62,64-66,68,70-72,74-75H,4-7,9-10,12-13,15,18,21-22,25,27,30,33-50,52-53,55-58H2,1-3H3,(H,69,76)/b11-8+,17-14+,19-16-,23-20+,26-24-,29-28-,32-31-,54-51+. The third kappa shape index (κ3) is 43.0. The van der Waals surface area contributed by atoms with Gasteiger partial charge in [0.2, 0.25) is 5.91 Å². The van der Waals surface area contributed by atoms with E-state index in [2.05, 4.69) is 99.0 Å². The van der Waals surface area contributed by atoms with Gasteiger partial charge in [-0.05, 0) is 89.9 Å². The number of hydrogen-bond donors (Lipinski definition) is 6. The molecule has 6 N–H and O–H groups in total. The number of amides is 1. The van der Waals surface area contributed by atoms with Crippen LogP contribution in [0.15, 0.2) is 97.2 Å². The first-order chi connectivity index (χ1) is 38.7. The Morgan fingerprint density at radius 2 is 0.962 bits per heavy atom. The van der Waals surface area contributed by atoms with E-state index in [0.717, 1.165) is 122 Å². The van der Waals surface area contributed by atoms with Gasteiger partial charge in [0, 0.05) is 6.42 Å². The predicted octanol–water partition coefficient (Wildman–Crippen LogP) is 15.5. The average Bonchev–Trinajstić information content (AvgIpc) is 3.45. The Morgan fingerprint density at radius 3 is 1.49 bits per heavy atom. The van der Waals surface area contributed by atoms with E-state index in [0.29, 0.717) is 12.8 Å². The first-order valence-electron chi connectivity index (χ1n) is 32.0. The van der Waals surface area contributed by atoms with Crippen LogP contribution in [0.5, 0.6) is 0 Å². The molecule has 0 aromatic rings. The van der Waals surface area contributed by atoms with Crippen molar-refractivity contribution in [3.63, 3.8) is 0 Å². The smallest absolute Gasteiger partial charge is 0.306 e. The van der Waals surface area contributed by atoms with E-state index in [9.17, 15) is 35.1 Å². The summed E-state index contributed by atoms with van der Waals surface area (Å²) in [6, 6.07) is -1.04. The second kappa shape index (κ2) is 55.1. The summed E-state index contributed by atoms with van der Waals surface area (Å²) in [6.45, 7) is 5.61. The Morgan fingerprint density at radius 1 is 0.519 bits per heavy atom. The number of aliphatic hydroxyl groups is 5. The van der Waals surface area contributed by atoms with E-state index in [1.165, 1.54) is 89.9 Å². The van der Waals surface area contributed by atoms with Crippen molar-refractivity contribution < 1.29 is 49.3 Å². The highest BCUT2D eigenvalue weighted by Crippen LogP contribution is 2.26. The fraction of sp³-hybridized carbons (Fsp3) is 0.735. The highest BCUT2D eigenvalue weighted by Gasteiger charge is 2.47. The highest BCUT2D eigenvalue weighted by atomic mass is 16.7. The van der Waals surface area contributed by atoms with Crippen molar-refractivity contribution in [2.75, 3.05) is 13.2 Å². The number of ether oxygens (including phenoxy) is 3. The molecule has 1 aliphatic rings. The van der Waals surface area contributed by atoms with Crippen LogP contribution >= 0.6 is 0 Å². The summed E-state index contributed by atoms with van der Waals surface area (Å²) in [5.41, 5.74) is 0. The van der Waals surface area contributed by atoms with Gasteiger partial charge in [-0.1, -0.05) is 259 Å². The SMILES string of the molecule is CC/C=C/C=C/C=C/CCCCCCCCC(O)C(=O)NC(COC1OC(CO)C(O)C(O)C1OC(=O)CCCCCCCCCCC/C=C\C/C=C\C/C=C\C/C=C\CCCCC)C(O)/C=C/CCCCCCCCCCC. The van der Waals surface area contributed by atoms with Crippen LogP contribution in [0.1, 0.15) is 258 Å². The molecule has 1 heterocycles. The second-order valence-electron chi connectivity index (χ2n) is 21.8. The number of hydrogen-bond acceptors (Lipinski definition) is 10. The summed E-state index contributed by atoms with van der Waals surface area (Å²) >= 11 is 0. The molecule has 0 aromatic carbocycles. The molecule has 1 aliphatic heterocycles. The molecule has 0 bridgehead atoms.